The van der Waals surface area contributed by atoms with Gasteiger partial charge < -0.3 is 14.6 Å². The van der Waals surface area contributed by atoms with E-state index in [1.165, 1.54) is 12.1 Å². The number of likely N-dealkylation sites (tertiary alicyclic amines) is 1. The summed E-state index contributed by atoms with van der Waals surface area (Å²) in [5, 5.41) is 4.03. The number of halogens is 1. The van der Waals surface area contributed by atoms with Gasteiger partial charge in [-0.05, 0) is 37.1 Å². The fraction of sp³-hybridized carbons (Fsp3) is 0.435. The van der Waals surface area contributed by atoms with Crippen LogP contribution in [0.3, 0.4) is 0 Å². The van der Waals surface area contributed by atoms with Gasteiger partial charge in [-0.1, -0.05) is 23.4 Å². The number of hydrogen-bond donors (Lipinski definition) is 0. The number of piperidine rings is 1. The predicted molar refractivity (Wildman–Crippen MR) is 113 cm³/mol. The molecule has 0 radical (unpaired) electrons. The zero-order chi connectivity index (χ0) is 20.9. The highest BCUT2D eigenvalue weighted by molar-refractivity contribution is 6.04. The van der Waals surface area contributed by atoms with Crippen LogP contribution < -0.4 is 0 Å². The van der Waals surface area contributed by atoms with E-state index in [-0.39, 0.29) is 17.8 Å². The molecule has 1 atom stereocenters. The molecule has 0 N–H and O–H groups in total. The Morgan fingerprint density at radius 1 is 1.23 bits per heavy atom. The quantitative estimate of drug-likeness (QED) is 0.735. The van der Waals surface area contributed by atoms with Gasteiger partial charge in [-0.15, -0.1) is 0 Å². The first kappa shape index (κ1) is 20.5. The summed E-state index contributed by atoms with van der Waals surface area (Å²) < 4.78 is 13.5. The molecule has 1 amide bonds. The summed E-state index contributed by atoms with van der Waals surface area (Å²) in [6, 6.07) is 12.4. The number of pyridine rings is 1. The maximum atomic E-state index is 13.5. The van der Waals surface area contributed by atoms with E-state index in [1.807, 2.05) is 30.3 Å². The lowest BCUT2D eigenvalue weighted by atomic mass is 10.0. The number of amides is 1. The zero-order valence-electron chi connectivity index (χ0n) is 17.2. The number of hydrogen-bond acceptors (Lipinski definition) is 5. The normalized spacial score (nSPS) is 19.9. The van der Waals surface area contributed by atoms with Crippen LogP contribution >= 0.6 is 0 Å². The monoisotopic (exact) mass is 410 g/mol. The average molecular weight is 410 g/mol. The van der Waals surface area contributed by atoms with Crippen molar-refractivity contribution < 1.29 is 14.0 Å². The summed E-state index contributed by atoms with van der Waals surface area (Å²) in [7, 11) is 1.85. The minimum absolute atomic E-state index is 0.0583. The topological polar surface area (TPSA) is 58.0 Å². The molecule has 158 valence electrons. The van der Waals surface area contributed by atoms with E-state index in [4.69, 9.17) is 4.84 Å². The van der Waals surface area contributed by atoms with Crippen molar-refractivity contribution in [3.8, 4) is 0 Å². The lowest BCUT2D eigenvalue weighted by molar-refractivity contribution is -0.143. The molecule has 4 rings (SSSR count). The highest BCUT2D eigenvalue weighted by Crippen LogP contribution is 2.22. The largest absolute Gasteiger partial charge is 0.382 e. The van der Waals surface area contributed by atoms with Crippen LogP contribution in [0, 0.1) is 5.82 Å². The number of aromatic nitrogens is 1. The van der Waals surface area contributed by atoms with Gasteiger partial charge in [0.2, 0.25) is 6.10 Å². The number of rotatable bonds is 6. The number of carbonyl (C=O) groups is 1. The van der Waals surface area contributed by atoms with Crippen LogP contribution in [0.5, 0.6) is 0 Å². The van der Waals surface area contributed by atoms with Gasteiger partial charge in [0.05, 0.1) is 5.71 Å². The van der Waals surface area contributed by atoms with Gasteiger partial charge in [0, 0.05) is 63.0 Å². The zero-order valence-corrected chi connectivity index (χ0v) is 17.2. The fourth-order valence-electron chi connectivity index (χ4n) is 4.10. The average Bonchev–Trinajstić information content (AvgIpc) is 3.28. The molecule has 1 aromatic carbocycles. The maximum absolute atomic E-state index is 13.5. The molecule has 0 aliphatic carbocycles. The van der Waals surface area contributed by atoms with Crippen molar-refractivity contribution in [2.24, 2.45) is 5.16 Å². The molecule has 2 aliphatic heterocycles. The van der Waals surface area contributed by atoms with E-state index in [0.717, 1.165) is 44.6 Å². The second-order valence-electron chi connectivity index (χ2n) is 7.94. The van der Waals surface area contributed by atoms with E-state index in [2.05, 4.69) is 21.1 Å². The summed E-state index contributed by atoms with van der Waals surface area (Å²) in [6.07, 6.45) is 4.39. The SMILES string of the molecule is CN(C(=O)C1CC(c2cccc(F)c2)=NO1)C1CCN(CCc2ccccn2)CC1. The molecule has 7 heteroatoms. The van der Waals surface area contributed by atoms with Crippen molar-refractivity contribution in [2.45, 2.75) is 37.8 Å². The number of nitrogens with zero attached hydrogens (tertiary/aromatic N) is 4. The molecule has 30 heavy (non-hydrogen) atoms. The molecular formula is C23H27FN4O2. The van der Waals surface area contributed by atoms with Gasteiger partial charge in [0.15, 0.2) is 0 Å². The molecule has 0 spiro atoms. The Labute approximate surface area is 176 Å². The minimum Gasteiger partial charge on any atom is -0.382 e. The van der Waals surface area contributed by atoms with Crippen molar-refractivity contribution in [3.05, 3.63) is 65.7 Å². The van der Waals surface area contributed by atoms with Crippen LogP contribution in [0.15, 0.2) is 53.8 Å². The van der Waals surface area contributed by atoms with E-state index in [0.29, 0.717) is 17.7 Å². The summed E-state index contributed by atoms with van der Waals surface area (Å²) in [6.45, 7) is 2.91. The smallest absolute Gasteiger partial charge is 0.266 e. The van der Waals surface area contributed by atoms with Crippen LogP contribution in [0.4, 0.5) is 4.39 Å². The van der Waals surface area contributed by atoms with Gasteiger partial charge in [-0.2, -0.15) is 0 Å². The third kappa shape index (κ3) is 4.84. The van der Waals surface area contributed by atoms with Crippen molar-refractivity contribution in [3.63, 3.8) is 0 Å². The third-order valence-corrected chi connectivity index (χ3v) is 5.96. The molecule has 0 saturated carbocycles. The lowest BCUT2D eigenvalue weighted by Gasteiger charge is -2.37. The summed E-state index contributed by atoms with van der Waals surface area (Å²) in [5.41, 5.74) is 2.39. The lowest BCUT2D eigenvalue weighted by Crippen LogP contribution is -2.48. The van der Waals surface area contributed by atoms with Crippen molar-refractivity contribution in [2.75, 3.05) is 26.7 Å². The van der Waals surface area contributed by atoms with Gasteiger partial charge in [-0.3, -0.25) is 9.78 Å². The Hall–Kier alpha value is -2.80. The van der Waals surface area contributed by atoms with Crippen molar-refractivity contribution in [1.82, 2.24) is 14.8 Å². The second-order valence-corrected chi connectivity index (χ2v) is 7.94. The van der Waals surface area contributed by atoms with Gasteiger partial charge >= 0.3 is 0 Å². The fourth-order valence-corrected chi connectivity index (χ4v) is 4.10. The molecular weight excluding hydrogens is 383 g/mol. The molecule has 1 unspecified atom stereocenters. The van der Waals surface area contributed by atoms with Crippen LogP contribution in [-0.2, 0) is 16.1 Å². The minimum atomic E-state index is -0.629. The van der Waals surface area contributed by atoms with Crippen molar-refractivity contribution >= 4 is 11.6 Å². The Bertz CT molecular complexity index is 897. The molecule has 2 aliphatic rings. The van der Waals surface area contributed by atoms with Crippen molar-refractivity contribution in [1.29, 1.82) is 0 Å². The molecule has 0 bridgehead atoms. The highest BCUT2D eigenvalue weighted by Gasteiger charge is 2.34. The molecule has 1 aromatic heterocycles. The first-order chi connectivity index (χ1) is 14.6. The summed E-state index contributed by atoms with van der Waals surface area (Å²) in [4.78, 5) is 26.9. The first-order valence-electron chi connectivity index (χ1n) is 10.5. The maximum Gasteiger partial charge on any atom is 0.266 e. The van der Waals surface area contributed by atoms with E-state index >= 15 is 0 Å². The van der Waals surface area contributed by atoms with E-state index in [1.54, 1.807) is 12.1 Å². The predicted octanol–water partition coefficient (Wildman–Crippen LogP) is 2.88. The van der Waals surface area contributed by atoms with Gasteiger partial charge in [-0.25, -0.2) is 4.39 Å². The van der Waals surface area contributed by atoms with E-state index in [9.17, 15) is 9.18 Å². The summed E-state index contributed by atoms with van der Waals surface area (Å²) in [5.74, 6) is -0.381. The van der Waals surface area contributed by atoms with Crippen LogP contribution in [0.1, 0.15) is 30.5 Å². The van der Waals surface area contributed by atoms with Crippen LogP contribution in [0.2, 0.25) is 0 Å². The Balaban J connectivity index is 1.24. The number of oxime groups is 1. The number of benzene rings is 1. The molecule has 6 nitrogen and oxygen atoms in total. The Morgan fingerprint density at radius 2 is 2.07 bits per heavy atom. The van der Waals surface area contributed by atoms with E-state index < -0.39 is 6.10 Å². The first-order valence-corrected chi connectivity index (χ1v) is 10.5. The Kier molecular flexibility index (Phi) is 6.38. The second kappa shape index (κ2) is 9.34. The van der Waals surface area contributed by atoms with Gasteiger partial charge in [0.25, 0.3) is 5.91 Å². The number of likely N-dealkylation sites (N-methyl/N-ethyl adjacent to an activating group) is 1. The number of carbonyl (C=O) groups excluding carboxylic acids is 1. The molecule has 2 aromatic rings. The van der Waals surface area contributed by atoms with Gasteiger partial charge in [0.1, 0.15) is 5.82 Å². The molecule has 1 fully saturated rings. The van der Waals surface area contributed by atoms with Crippen LogP contribution in [-0.4, -0.2) is 65.2 Å². The third-order valence-electron chi connectivity index (χ3n) is 5.96. The highest BCUT2D eigenvalue weighted by atomic mass is 19.1. The Morgan fingerprint density at radius 3 is 2.80 bits per heavy atom. The summed E-state index contributed by atoms with van der Waals surface area (Å²) >= 11 is 0. The molecule has 3 heterocycles. The molecule has 1 saturated heterocycles. The van der Waals surface area contributed by atoms with Crippen LogP contribution in [0.25, 0.3) is 0 Å². The standard InChI is InChI=1S/C23H27FN4O2/c1-27(20-9-13-28(14-10-20)12-8-19-7-2-3-11-25-19)23(29)22-16-21(26-30-22)17-5-4-6-18(24)15-17/h2-7,11,15,20,22H,8-10,12-14,16H2,1H3.